The van der Waals surface area contributed by atoms with Crippen LogP contribution in [-0.4, -0.2) is 12.4 Å². The summed E-state index contributed by atoms with van der Waals surface area (Å²) in [4.78, 5) is 31.4. The molecule has 0 radical (unpaired) electrons. The SMILES string of the molecule is CCCC(C(=O)OOC=O)C1CCCCC1c1ccccc1. The summed E-state index contributed by atoms with van der Waals surface area (Å²) < 4.78 is 0. The van der Waals surface area contributed by atoms with E-state index >= 15 is 0 Å². The van der Waals surface area contributed by atoms with Crippen molar-refractivity contribution in [3.63, 3.8) is 0 Å². The molecule has 1 aromatic rings. The fourth-order valence-electron chi connectivity index (χ4n) is 3.70. The first-order valence-corrected chi connectivity index (χ1v) is 8.13. The molecule has 4 nitrogen and oxygen atoms in total. The normalized spacial score (nSPS) is 22.6. The van der Waals surface area contributed by atoms with E-state index in [2.05, 4.69) is 28.8 Å². The molecule has 0 aliphatic heterocycles. The molecule has 0 heterocycles. The molecule has 0 saturated heterocycles. The first-order chi connectivity index (χ1) is 10.8. The van der Waals surface area contributed by atoms with Gasteiger partial charge in [0.1, 0.15) is 0 Å². The predicted octanol–water partition coefficient (Wildman–Crippen LogP) is 4.01. The molecule has 0 N–H and O–H groups in total. The summed E-state index contributed by atoms with van der Waals surface area (Å²) >= 11 is 0. The van der Waals surface area contributed by atoms with E-state index in [4.69, 9.17) is 0 Å². The second-order valence-electron chi connectivity index (χ2n) is 5.96. The summed E-state index contributed by atoms with van der Waals surface area (Å²) in [5.74, 6) is -0.00799. The largest absolute Gasteiger partial charge is 0.358 e. The zero-order valence-corrected chi connectivity index (χ0v) is 13.1. The topological polar surface area (TPSA) is 52.6 Å². The molecule has 3 unspecified atom stereocenters. The lowest BCUT2D eigenvalue weighted by Gasteiger charge is -2.36. The van der Waals surface area contributed by atoms with Gasteiger partial charge in [-0.05, 0) is 36.7 Å². The highest BCUT2D eigenvalue weighted by Gasteiger charge is 2.37. The Balaban J connectivity index is 2.18. The van der Waals surface area contributed by atoms with E-state index in [9.17, 15) is 9.59 Å². The minimum Gasteiger partial charge on any atom is -0.251 e. The van der Waals surface area contributed by atoms with Crippen LogP contribution in [-0.2, 0) is 19.4 Å². The van der Waals surface area contributed by atoms with Gasteiger partial charge in [0, 0.05) is 0 Å². The van der Waals surface area contributed by atoms with Crippen LogP contribution in [0.2, 0.25) is 0 Å². The molecule has 0 spiro atoms. The quantitative estimate of drug-likeness (QED) is 0.434. The Morgan fingerprint density at radius 1 is 1.27 bits per heavy atom. The van der Waals surface area contributed by atoms with Gasteiger partial charge in [-0.1, -0.05) is 56.5 Å². The van der Waals surface area contributed by atoms with Gasteiger partial charge in [-0.25, -0.2) is 9.68 Å². The van der Waals surface area contributed by atoms with Gasteiger partial charge in [0.05, 0.1) is 5.92 Å². The Labute approximate surface area is 131 Å². The maximum atomic E-state index is 12.3. The first kappa shape index (κ1) is 16.5. The number of carbonyl (C=O) groups excluding carboxylic acids is 2. The van der Waals surface area contributed by atoms with Crippen molar-refractivity contribution in [3.05, 3.63) is 35.9 Å². The summed E-state index contributed by atoms with van der Waals surface area (Å²) in [6.45, 7) is 2.21. The van der Waals surface area contributed by atoms with Gasteiger partial charge in [-0.3, -0.25) is 9.68 Å². The Bertz CT molecular complexity index is 471. The molecule has 120 valence electrons. The second-order valence-corrected chi connectivity index (χ2v) is 5.96. The van der Waals surface area contributed by atoms with E-state index in [-0.39, 0.29) is 18.3 Å². The lowest BCUT2D eigenvalue weighted by atomic mass is 9.68. The minimum absolute atomic E-state index is 0.149. The van der Waals surface area contributed by atoms with Crippen molar-refractivity contribution in [3.8, 4) is 0 Å². The standard InChI is InChI=1S/C18H24O4/c1-2-8-17(18(20)22-21-13-19)16-12-7-6-11-15(16)14-9-4-3-5-10-14/h3-5,9-10,13,15-17H,2,6-8,11-12H2,1H3. The fourth-order valence-corrected chi connectivity index (χ4v) is 3.70. The highest BCUT2D eigenvalue weighted by Crippen LogP contribution is 2.43. The number of hydrogen-bond acceptors (Lipinski definition) is 4. The Hall–Kier alpha value is -1.84. The van der Waals surface area contributed by atoms with Gasteiger partial charge >= 0.3 is 12.4 Å². The molecular formula is C18H24O4. The van der Waals surface area contributed by atoms with Crippen molar-refractivity contribution in [2.75, 3.05) is 0 Å². The molecule has 0 aromatic heterocycles. The van der Waals surface area contributed by atoms with E-state index in [1.165, 1.54) is 12.0 Å². The lowest BCUT2D eigenvalue weighted by molar-refractivity contribution is -0.253. The molecule has 0 bridgehead atoms. The zero-order valence-electron chi connectivity index (χ0n) is 13.1. The molecule has 1 aromatic carbocycles. The highest BCUT2D eigenvalue weighted by molar-refractivity contribution is 5.72. The van der Waals surface area contributed by atoms with Crippen molar-refractivity contribution in [2.24, 2.45) is 11.8 Å². The molecule has 4 heteroatoms. The number of hydrogen-bond donors (Lipinski definition) is 0. The third-order valence-electron chi connectivity index (χ3n) is 4.64. The third-order valence-corrected chi connectivity index (χ3v) is 4.64. The van der Waals surface area contributed by atoms with Crippen molar-refractivity contribution >= 4 is 12.4 Å². The number of rotatable bonds is 7. The van der Waals surface area contributed by atoms with Gasteiger partial charge in [-0.15, -0.1) is 0 Å². The van der Waals surface area contributed by atoms with Crippen LogP contribution in [0.1, 0.15) is 56.9 Å². The van der Waals surface area contributed by atoms with Gasteiger partial charge in [0.25, 0.3) is 0 Å². The van der Waals surface area contributed by atoms with E-state index in [1.807, 2.05) is 18.2 Å². The predicted molar refractivity (Wildman–Crippen MR) is 82.8 cm³/mol. The summed E-state index contributed by atoms with van der Waals surface area (Å²) in [7, 11) is 0. The Morgan fingerprint density at radius 3 is 2.68 bits per heavy atom. The smallest absolute Gasteiger partial charge is 0.251 e. The summed E-state index contributed by atoms with van der Waals surface area (Å²) in [5.41, 5.74) is 1.29. The molecule has 1 aliphatic rings. The van der Waals surface area contributed by atoms with Crippen LogP contribution in [0.3, 0.4) is 0 Å². The average molecular weight is 304 g/mol. The van der Waals surface area contributed by atoms with Crippen molar-refractivity contribution in [1.82, 2.24) is 0 Å². The molecule has 22 heavy (non-hydrogen) atoms. The van der Waals surface area contributed by atoms with Gasteiger partial charge < -0.3 is 0 Å². The molecule has 3 atom stereocenters. The molecule has 1 saturated carbocycles. The Kier molecular flexibility index (Phi) is 6.44. The maximum absolute atomic E-state index is 12.3. The van der Waals surface area contributed by atoms with Gasteiger partial charge in [-0.2, -0.15) is 0 Å². The summed E-state index contributed by atoms with van der Waals surface area (Å²) in [6, 6.07) is 10.4. The van der Waals surface area contributed by atoms with E-state index in [1.54, 1.807) is 0 Å². The summed E-state index contributed by atoms with van der Waals surface area (Å²) in [5, 5.41) is 0. The fraction of sp³-hybridized carbons (Fsp3) is 0.556. The van der Waals surface area contributed by atoms with E-state index in [0.29, 0.717) is 5.92 Å². The first-order valence-electron chi connectivity index (χ1n) is 8.13. The Morgan fingerprint density at radius 2 is 2.00 bits per heavy atom. The van der Waals surface area contributed by atoms with Crippen molar-refractivity contribution in [1.29, 1.82) is 0 Å². The van der Waals surface area contributed by atoms with Crippen LogP contribution in [0, 0.1) is 11.8 Å². The van der Waals surface area contributed by atoms with Crippen LogP contribution >= 0.6 is 0 Å². The molecule has 1 fully saturated rings. The monoisotopic (exact) mass is 304 g/mol. The molecule has 2 rings (SSSR count). The van der Waals surface area contributed by atoms with Crippen LogP contribution in [0.4, 0.5) is 0 Å². The summed E-state index contributed by atoms with van der Waals surface area (Å²) in [6.07, 6.45) is 6.09. The van der Waals surface area contributed by atoms with E-state index in [0.717, 1.165) is 32.1 Å². The highest BCUT2D eigenvalue weighted by atomic mass is 17.2. The minimum atomic E-state index is -0.415. The van der Waals surface area contributed by atoms with Gasteiger partial charge in [0.15, 0.2) is 0 Å². The maximum Gasteiger partial charge on any atom is 0.358 e. The van der Waals surface area contributed by atoms with Crippen LogP contribution < -0.4 is 0 Å². The average Bonchev–Trinajstić information content (AvgIpc) is 2.58. The van der Waals surface area contributed by atoms with Gasteiger partial charge in [0.2, 0.25) is 0 Å². The molecule has 1 aliphatic carbocycles. The van der Waals surface area contributed by atoms with Crippen LogP contribution in [0.15, 0.2) is 30.3 Å². The lowest BCUT2D eigenvalue weighted by Crippen LogP contribution is -2.32. The molecule has 0 amide bonds. The molecular weight excluding hydrogens is 280 g/mol. The zero-order chi connectivity index (χ0) is 15.8. The second kappa shape index (κ2) is 8.57. The van der Waals surface area contributed by atoms with Crippen LogP contribution in [0.5, 0.6) is 0 Å². The third kappa shape index (κ3) is 4.09. The number of carbonyl (C=O) groups is 2. The van der Waals surface area contributed by atoms with Crippen molar-refractivity contribution < 1.29 is 19.4 Å². The number of benzene rings is 1. The van der Waals surface area contributed by atoms with E-state index < -0.39 is 5.97 Å². The van der Waals surface area contributed by atoms with Crippen molar-refractivity contribution in [2.45, 2.75) is 51.4 Å². The van der Waals surface area contributed by atoms with Crippen LogP contribution in [0.25, 0.3) is 0 Å².